The van der Waals surface area contributed by atoms with Crippen LogP contribution in [-0.4, -0.2) is 14.4 Å². The Hall–Kier alpha value is -0.0000000000000000833. The average Bonchev–Trinajstić information content (AvgIpc) is 1.85. The van der Waals surface area contributed by atoms with Crippen LogP contribution in [0.1, 0.15) is 0 Å². The summed E-state index contributed by atoms with van der Waals surface area (Å²) in [6, 6.07) is 0. The number of carbonyl (C=O) groups excluding carboxylic acids is 1. The van der Waals surface area contributed by atoms with Gasteiger partial charge in [-0.3, -0.25) is 4.79 Å². The lowest BCUT2D eigenvalue weighted by molar-refractivity contribution is -0.112. The molecule has 0 aliphatic carbocycles. The van der Waals surface area contributed by atoms with E-state index in [-0.39, 0.29) is 5.91 Å². The van der Waals surface area contributed by atoms with Gasteiger partial charge in [-0.1, -0.05) is 24.4 Å². The number of hydrogen-bond donors (Lipinski definition) is 1. The molecule has 0 spiro atoms. The van der Waals surface area contributed by atoms with Gasteiger partial charge in [0.25, 0.3) is 5.91 Å². The molecular formula is C3HNOS3. The monoisotopic (exact) mass is 163 g/mol. The average molecular weight is 163 g/mol. The molecule has 1 aliphatic heterocycles. The summed E-state index contributed by atoms with van der Waals surface area (Å²) in [6.45, 7) is 0. The first-order valence-corrected chi connectivity index (χ1v) is 3.40. The van der Waals surface area contributed by atoms with E-state index in [9.17, 15) is 4.79 Å². The van der Waals surface area contributed by atoms with Gasteiger partial charge in [-0.15, -0.1) is 0 Å². The largest absolute Gasteiger partial charge is 0.306 e. The van der Waals surface area contributed by atoms with Gasteiger partial charge in [-0.25, -0.2) is 0 Å². The number of carbonyl (C=O) groups is 1. The molecule has 0 atom stereocenters. The second-order valence-electron chi connectivity index (χ2n) is 1.13. The maximum atomic E-state index is 10.4. The van der Waals surface area contributed by atoms with Crippen molar-refractivity contribution >= 4 is 50.6 Å². The summed E-state index contributed by atoms with van der Waals surface area (Å²) in [7, 11) is 0. The van der Waals surface area contributed by atoms with E-state index in [1.54, 1.807) is 0 Å². The van der Waals surface area contributed by atoms with Gasteiger partial charge in [0.2, 0.25) is 0 Å². The third-order valence-electron chi connectivity index (χ3n) is 0.586. The molecule has 0 aromatic carbocycles. The lowest BCUT2D eigenvalue weighted by atomic mass is 10.7. The lowest BCUT2D eigenvalue weighted by Gasteiger charge is -1.80. The number of thioether (sulfide) groups is 1. The summed E-state index contributed by atoms with van der Waals surface area (Å²) >= 11 is 10.3. The molecule has 0 bridgehead atoms. The molecule has 0 radical (unpaired) electrons. The molecular weight excluding hydrogens is 162 g/mol. The zero-order chi connectivity index (χ0) is 6.15. The SMILES string of the molecule is O=C1NC(=S)SC1=S. The van der Waals surface area contributed by atoms with Gasteiger partial charge < -0.3 is 5.32 Å². The molecule has 1 N–H and O–H groups in total. The van der Waals surface area contributed by atoms with Gasteiger partial charge in [0.1, 0.15) is 8.52 Å². The number of rotatable bonds is 0. The van der Waals surface area contributed by atoms with Crippen molar-refractivity contribution in [3.05, 3.63) is 0 Å². The summed E-state index contributed by atoms with van der Waals surface area (Å²) in [5.74, 6) is -0.241. The maximum absolute atomic E-state index is 10.4. The normalized spacial score (nSPS) is 19.2. The van der Waals surface area contributed by atoms with Crippen LogP contribution in [0.15, 0.2) is 0 Å². The fourth-order valence-electron chi connectivity index (χ4n) is 0.300. The third-order valence-corrected chi connectivity index (χ3v) is 2.03. The van der Waals surface area contributed by atoms with E-state index in [1.165, 1.54) is 0 Å². The lowest BCUT2D eigenvalue weighted by Crippen LogP contribution is -2.19. The zero-order valence-electron chi connectivity index (χ0n) is 3.63. The minimum absolute atomic E-state index is 0.241. The summed E-state index contributed by atoms with van der Waals surface area (Å²) in [5.41, 5.74) is 0. The molecule has 1 saturated heterocycles. The first-order chi connectivity index (χ1) is 3.70. The molecule has 0 saturated carbocycles. The topological polar surface area (TPSA) is 29.1 Å². The van der Waals surface area contributed by atoms with Gasteiger partial charge in [0, 0.05) is 0 Å². The van der Waals surface area contributed by atoms with Crippen LogP contribution in [0.3, 0.4) is 0 Å². The summed E-state index contributed by atoms with van der Waals surface area (Å²) in [6.07, 6.45) is 0. The fraction of sp³-hybridized carbons (Fsp3) is 0. The molecule has 1 fully saturated rings. The highest BCUT2D eigenvalue weighted by Crippen LogP contribution is 2.12. The number of hydrogen-bond acceptors (Lipinski definition) is 4. The maximum Gasteiger partial charge on any atom is 0.274 e. The molecule has 5 heteroatoms. The molecule has 1 heterocycles. The predicted molar refractivity (Wildman–Crippen MR) is 40.9 cm³/mol. The molecule has 0 aromatic heterocycles. The van der Waals surface area contributed by atoms with Crippen LogP contribution in [-0.2, 0) is 4.79 Å². The highest BCUT2D eigenvalue weighted by molar-refractivity contribution is 8.40. The Morgan fingerprint density at radius 2 is 2.12 bits per heavy atom. The minimum atomic E-state index is -0.241. The van der Waals surface area contributed by atoms with E-state index in [4.69, 9.17) is 0 Å². The van der Waals surface area contributed by atoms with E-state index >= 15 is 0 Å². The Labute approximate surface area is 61.0 Å². The third kappa shape index (κ3) is 1.04. The summed E-state index contributed by atoms with van der Waals surface area (Å²) in [5, 5.41) is 2.38. The van der Waals surface area contributed by atoms with E-state index < -0.39 is 0 Å². The van der Waals surface area contributed by atoms with E-state index in [0.717, 1.165) is 11.8 Å². The molecule has 1 amide bonds. The van der Waals surface area contributed by atoms with Gasteiger partial charge in [0.15, 0.2) is 0 Å². The highest BCUT2D eigenvalue weighted by atomic mass is 32.2. The Balaban J connectivity index is 2.79. The van der Waals surface area contributed by atoms with Crippen LogP contribution < -0.4 is 5.32 Å². The van der Waals surface area contributed by atoms with Gasteiger partial charge >= 0.3 is 0 Å². The second kappa shape index (κ2) is 2.08. The Kier molecular flexibility index (Phi) is 1.59. The van der Waals surface area contributed by atoms with Crippen molar-refractivity contribution in [2.75, 3.05) is 0 Å². The van der Waals surface area contributed by atoms with E-state index in [1.807, 2.05) is 0 Å². The van der Waals surface area contributed by atoms with Crippen LogP contribution in [0.25, 0.3) is 0 Å². The van der Waals surface area contributed by atoms with Crippen LogP contribution in [0.2, 0.25) is 0 Å². The molecule has 42 valence electrons. The molecule has 2 nitrogen and oxygen atoms in total. The molecule has 8 heavy (non-hydrogen) atoms. The van der Waals surface area contributed by atoms with Crippen molar-refractivity contribution in [3.8, 4) is 0 Å². The van der Waals surface area contributed by atoms with Crippen LogP contribution in [0, 0.1) is 0 Å². The smallest absolute Gasteiger partial charge is 0.274 e. The number of amides is 1. The quantitative estimate of drug-likeness (QED) is 0.525. The predicted octanol–water partition coefficient (Wildman–Crippen LogP) is 0.462. The first kappa shape index (κ1) is 6.12. The summed E-state index contributed by atoms with van der Waals surface area (Å²) < 4.78 is 0.773. The number of nitrogens with one attached hydrogen (secondary N) is 1. The standard InChI is InChI=1S/C3HNOS3/c5-1-2(6)8-3(7)4-1/h(H,4,5,7). The zero-order valence-corrected chi connectivity index (χ0v) is 6.08. The van der Waals surface area contributed by atoms with Crippen molar-refractivity contribution in [3.63, 3.8) is 0 Å². The van der Waals surface area contributed by atoms with Crippen molar-refractivity contribution in [2.24, 2.45) is 0 Å². The molecule has 0 unspecified atom stereocenters. The molecule has 1 aliphatic rings. The molecule has 1 rings (SSSR count). The second-order valence-corrected chi connectivity index (χ2v) is 3.49. The highest BCUT2D eigenvalue weighted by Gasteiger charge is 2.21. The fourth-order valence-corrected chi connectivity index (χ4v) is 1.56. The van der Waals surface area contributed by atoms with Gasteiger partial charge in [0.05, 0.1) is 0 Å². The first-order valence-electron chi connectivity index (χ1n) is 1.77. The van der Waals surface area contributed by atoms with E-state index in [0.29, 0.717) is 8.52 Å². The van der Waals surface area contributed by atoms with Crippen molar-refractivity contribution < 1.29 is 4.79 Å². The van der Waals surface area contributed by atoms with E-state index in [2.05, 4.69) is 29.8 Å². The minimum Gasteiger partial charge on any atom is -0.306 e. The van der Waals surface area contributed by atoms with Crippen LogP contribution in [0.4, 0.5) is 0 Å². The summed E-state index contributed by atoms with van der Waals surface area (Å²) in [4.78, 5) is 10.4. The Morgan fingerprint density at radius 3 is 2.25 bits per heavy atom. The van der Waals surface area contributed by atoms with Crippen LogP contribution in [0.5, 0.6) is 0 Å². The Morgan fingerprint density at radius 1 is 1.50 bits per heavy atom. The van der Waals surface area contributed by atoms with Gasteiger partial charge in [-0.2, -0.15) is 0 Å². The van der Waals surface area contributed by atoms with Gasteiger partial charge in [-0.05, 0) is 11.8 Å². The van der Waals surface area contributed by atoms with Crippen molar-refractivity contribution in [1.82, 2.24) is 5.32 Å². The van der Waals surface area contributed by atoms with Crippen molar-refractivity contribution in [2.45, 2.75) is 0 Å². The molecule has 0 aromatic rings. The van der Waals surface area contributed by atoms with Crippen LogP contribution >= 0.6 is 36.2 Å². The van der Waals surface area contributed by atoms with Crippen molar-refractivity contribution in [1.29, 1.82) is 0 Å². The Bertz CT molecular complexity index is 157. The number of thiocarbonyl (C=S) groups is 2.